The zero-order chi connectivity index (χ0) is 31.7. The molecule has 4 rings (SSSR count). The normalized spacial score (nSPS) is 11.2. The highest BCUT2D eigenvalue weighted by molar-refractivity contribution is 5.98. The van der Waals surface area contributed by atoms with Gasteiger partial charge >= 0.3 is 6.36 Å². The van der Waals surface area contributed by atoms with Gasteiger partial charge in [0.2, 0.25) is 5.95 Å². The number of hydrogen-bond donors (Lipinski definition) is 1. The Morgan fingerprint density at radius 2 is 1.59 bits per heavy atom. The summed E-state index contributed by atoms with van der Waals surface area (Å²) in [7, 11) is 3.47. The van der Waals surface area contributed by atoms with Crippen LogP contribution in [0.25, 0.3) is 0 Å². The summed E-state index contributed by atoms with van der Waals surface area (Å²) < 4.78 is 46.0. The first-order valence-electron chi connectivity index (χ1n) is 13.9. The molecule has 230 valence electrons. The van der Waals surface area contributed by atoms with Crippen LogP contribution < -0.4 is 15.0 Å². The van der Waals surface area contributed by atoms with Gasteiger partial charge in [-0.1, -0.05) is 30.3 Å². The molecule has 44 heavy (non-hydrogen) atoms. The fourth-order valence-corrected chi connectivity index (χ4v) is 4.53. The zero-order valence-corrected chi connectivity index (χ0v) is 24.6. The molecule has 0 aliphatic heterocycles. The average molecular weight is 607 g/mol. The summed E-state index contributed by atoms with van der Waals surface area (Å²) in [5.74, 6) is 0.656. The average Bonchev–Trinajstić information content (AvgIpc) is 2.98. The number of aromatic nitrogens is 2. The number of carbonyl (C=O) groups is 2. The molecule has 0 aliphatic carbocycles. The second-order valence-electron chi connectivity index (χ2n) is 10.2. The van der Waals surface area contributed by atoms with E-state index in [4.69, 9.17) is 4.74 Å². The largest absolute Gasteiger partial charge is 0.573 e. The molecule has 0 saturated heterocycles. The number of hydrogen-bond acceptors (Lipinski definition) is 8. The number of benzene rings is 3. The Kier molecular flexibility index (Phi) is 10.7. The van der Waals surface area contributed by atoms with Crippen molar-refractivity contribution in [2.24, 2.45) is 0 Å². The SMILES string of the molecule is COCCCC(=O)c1cc(Nc2nccc(N(C)c3ccc(CC(=O)Cc4ccc(OC(F)(F)F)cc4)cc3)n2)ccc1C. The smallest absolute Gasteiger partial charge is 0.406 e. The molecule has 11 heteroatoms. The van der Waals surface area contributed by atoms with Crippen molar-refractivity contribution in [3.05, 3.63) is 101 Å². The van der Waals surface area contributed by atoms with E-state index in [9.17, 15) is 22.8 Å². The highest BCUT2D eigenvalue weighted by Gasteiger charge is 2.31. The van der Waals surface area contributed by atoms with Crippen LogP contribution in [0.1, 0.15) is 39.9 Å². The molecule has 0 radical (unpaired) electrons. The van der Waals surface area contributed by atoms with Gasteiger partial charge in [-0.05, 0) is 72.5 Å². The Hall–Kier alpha value is -4.77. The van der Waals surface area contributed by atoms with Gasteiger partial charge in [0.25, 0.3) is 0 Å². The minimum Gasteiger partial charge on any atom is -0.406 e. The second kappa shape index (κ2) is 14.6. The fraction of sp³-hybridized carbons (Fsp3) is 0.273. The van der Waals surface area contributed by atoms with Crippen LogP contribution in [0.3, 0.4) is 0 Å². The predicted octanol–water partition coefficient (Wildman–Crippen LogP) is 7.16. The van der Waals surface area contributed by atoms with Crippen molar-refractivity contribution < 1.29 is 32.2 Å². The summed E-state index contributed by atoms with van der Waals surface area (Å²) in [5, 5.41) is 3.18. The standard InChI is InChI=1S/C33H33F3N4O4/c1-22-6-11-25(21-29(22)30(42)5-4-18-43-3)38-32-37-17-16-31(39-32)40(2)26-12-7-23(8-13-26)19-27(41)20-24-9-14-28(15-10-24)44-33(34,35)36/h6-17,21H,4-5,18-20H2,1-3H3,(H,37,38,39). The van der Waals surface area contributed by atoms with E-state index >= 15 is 0 Å². The quantitative estimate of drug-likeness (QED) is 0.119. The molecular weight excluding hydrogens is 573 g/mol. The summed E-state index contributed by atoms with van der Waals surface area (Å²) in [6.07, 6.45) is -1.79. The van der Waals surface area contributed by atoms with Crippen molar-refractivity contribution in [2.75, 3.05) is 31.0 Å². The third-order valence-corrected chi connectivity index (χ3v) is 6.81. The Morgan fingerprint density at radius 3 is 2.23 bits per heavy atom. The van der Waals surface area contributed by atoms with Crippen LogP contribution in [0.15, 0.2) is 79.0 Å². The highest BCUT2D eigenvalue weighted by atomic mass is 19.4. The number of Topliss-reactive ketones (excluding diaryl/α,β-unsaturated/α-hetero) is 2. The third-order valence-electron chi connectivity index (χ3n) is 6.81. The summed E-state index contributed by atoms with van der Waals surface area (Å²) in [6, 6.07) is 20.1. The van der Waals surface area contributed by atoms with Crippen LogP contribution in [0, 0.1) is 6.92 Å². The maximum Gasteiger partial charge on any atom is 0.573 e. The molecule has 3 aromatic carbocycles. The number of nitrogens with zero attached hydrogens (tertiary/aromatic N) is 3. The van der Waals surface area contributed by atoms with Gasteiger partial charge in [-0.3, -0.25) is 9.59 Å². The number of nitrogens with one attached hydrogen (secondary N) is 1. The van der Waals surface area contributed by atoms with E-state index in [-0.39, 0.29) is 30.2 Å². The van der Waals surface area contributed by atoms with Crippen molar-refractivity contribution in [2.45, 2.75) is 39.0 Å². The number of rotatable bonds is 14. The lowest BCUT2D eigenvalue weighted by molar-refractivity contribution is -0.274. The van der Waals surface area contributed by atoms with Gasteiger partial charge in [0.05, 0.1) is 0 Å². The van der Waals surface area contributed by atoms with E-state index in [2.05, 4.69) is 20.0 Å². The van der Waals surface area contributed by atoms with Crippen LogP contribution in [0.2, 0.25) is 0 Å². The lowest BCUT2D eigenvalue weighted by Gasteiger charge is -2.19. The van der Waals surface area contributed by atoms with E-state index in [0.717, 1.165) is 16.8 Å². The Bertz CT molecular complexity index is 1580. The predicted molar refractivity (Wildman–Crippen MR) is 162 cm³/mol. The number of aryl methyl sites for hydroxylation is 1. The van der Waals surface area contributed by atoms with E-state index in [1.165, 1.54) is 24.3 Å². The van der Waals surface area contributed by atoms with Crippen molar-refractivity contribution in [1.29, 1.82) is 0 Å². The van der Waals surface area contributed by atoms with Gasteiger partial charge < -0.3 is 19.7 Å². The van der Waals surface area contributed by atoms with Gasteiger partial charge in [0.15, 0.2) is 5.78 Å². The van der Waals surface area contributed by atoms with Crippen LogP contribution in [-0.4, -0.2) is 48.7 Å². The Balaban J connectivity index is 1.36. The van der Waals surface area contributed by atoms with Crippen LogP contribution in [0.4, 0.5) is 36.3 Å². The molecule has 1 N–H and O–H groups in total. The molecule has 0 fully saturated rings. The maximum absolute atomic E-state index is 12.7. The minimum atomic E-state index is -4.76. The van der Waals surface area contributed by atoms with Crippen molar-refractivity contribution in [1.82, 2.24) is 9.97 Å². The molecule has 8 nitrogen and oxygen atoms in total. The number of alkyl halides is 3. The molecule has 0 unspecified atom stereocenters. The number of ether oxygens (including phenoxy) is 2. The molecule has 4 aromatic rings. The number of ketones is 2. The van der Waals surface area contributed by atoms with Crippen molar-refractivity contribution in [3.8, 4) is 5.75 Å². The summed E-state index contributed by atoms with van der Waals surface area (Å²) >= 11 is 0. The summed E-state index contributed by atoms with van der Waals surface area (Å²) in [4.78, 5) is 36.1. The molecule has 0 atom stereocenters. The molecule has 0 spiro atoms. The fourth-order valence-electron chi connectivity index (χ4n) is 4.53. The van der Waals surface area contributed by atoms with E-state index in [1.807, 2.05) is 61.3 Å². The number of anilines is 4. The number of halogens is 3. The Morgan fingerprint density at radius 1 is 0.932 bits per heavy atom. The number of carbonyl (C=O) groups excluding carboxylic acids is 2. The third kappa shape index (κ3) is 9.37. The number of methoxy groups -OCH3 is 1. The lowest BCUT2D eigenvalue weighted by atomic mass is 10.0. The van der Waals surface area contributed by atoms with E-state index < -0.39 is 6.36 Å². The zero-order valence-electron chi connectivity index (χ0n) is 24.6. The molecule has 0 saturated carbocycles. The summed E-state index contributed by atoms with van der Waals surface area (Å²) in [5.41, 5.74) is 4.48. The van der Waals surface area contributed by atoms with Crippen LogP contribution >= 0.6 is 0 Å². The minimum absolute atomic E-state index is 0.0522. The van der Waals surface area contributed by atoms with Gasteiger partial charge in [0, 0.05) is 63.2 Å². The van der Waals surface area contributed by atoms with Crippen molar-refractivity contribution >= 4 is 34.7 Å². The van der Waals surface area contributed by atoms with Gasteiger partial charge in [-0.15, -0.1) is 13.2 Å². The Labute approximate surface area is 253 Å². The molecule has 0 amide bonds. The lowest BCUT2D eigenvalue weighted by Crippen LogP contribution is -2.17. The molecular formula is C33H33F3N4O4. The first-order valence-corrected chi connectivity index (χ1v) is 13.9. The first kappa shape index (κ1) is 32.2. The molecule has 1 heterocycles. The topological polar surface area (TPSA) is 93.7 Å². The second-order valence-corrected chi connectivity index (χ2v) is 10.2. The van der Waals surface area contributed by atoms with Gasteiger partial charge in [0.1, 0.15) is 17.4 Å². The molecule has 0 aliphatic rings. The molecule has 0 bridgehead atoms. The van der Waals surface area contributed by atoms with Crippen molar-refractivity contribution in [3.63, 3.8) is 0 Å². The van der Waals surface area contributed by atoms with E-state index in [0.29, 0.717) is 48.0 Å². The van der Waals surface area contributed by atoms with Crippen LogP contribution in [0.5, 0.6) is 5.75 Å². The highest BCUT2D eigenvalue weighted by Crippen LogP contribution is 2.26. The van der Waals surface area contributed by atoms with Gasteiger partial charge in [-0.25, -0.2) is 4.98 Å². The van der Waals surface area contributed by atoms with Crippen LogP contribution in [-0.2, 0) is 22.4 Å². The monoisotopic (exact) mass is 606 g/mol. The summed E-state index contributed by atoms with van der Waals surface area (Å²) in [6.45, 7) is 2.43. The van der Waals surface area contributed by atoms with E-state index in [1.54, 1.807) is 19.4 Å². The first-order chi connectivity index (χ1) is 21.0. The maximum atomic E-state index is 12.7. The van der Waals surface area contributed by atoms with Gasteiger partial charge in [-0.2, -0.15) is 4.98 Å². The molecule has 1 aromatic heterocycles.